The quantitative estimate of drug-likeness (QED) is 0.896. The van der Waals surface area contributed by atoms with Gasteiger partial charge in [-0.25, -0.2) is 0 Å². The lowest BCUT2D eigenvalue weighted by Gasteiger charge is -2.19. The first kappa shape index (κ1) is 14.4. The van der Waals surface area contributed by atoms with Crippen molar-refractivity contribution in [3.63, 3.8) is 0 Å². The zero-order valence-electron chi connectivity index (χ0n) is 11.0. The highest BCUT2D eigenvalue weighted by Gasteiger charge is 2.28. The minimum atomic E-state index is -0.942. The van der Waals surface area contributed by atoms with E-state index in [4.69, 9.17) is 5.11 Å². The Bertz CT molecular complexity index is 484. The molecule has 0 unspecified atom stereocenters. The summed E-state index contributed by atoms with van der Waals surface area (Å²) in [7, 11) is 0. The van der Waals surface area contributed by atoms with Gasteiger partial charge in [-0.3, -0.25) is 9.59 Å². The van der Waals surface area contributed by atoms with Crippen molar-refractivity contribution in [3.05, 3.63) is 21.4 Å². The lowest BCUT2D eigenvalue weighted by molar-refractivity contribution is -0.146. The average molecular weight is 299 g/mol. The largest absolute Gasteiger partial charge is 0.481 e. The number of aliphatic carboxylic acids is 1. The van der Waals surface area contributed by atoms with Crippen LogP contribution >= 0.6 is 23.1 Å². The van der Waals surface area contributed by atoms with Crippen LogP contribution in [-0.4, -0.2) is 29.3 Å². The molecule has 1 aliphatic heterocycles. The Morgan fingerprint density at radius 1 is 1.47 bits per heavy atom. The third kappa shape index (κ3) is 3.30. The van der Waals surface area contributed by atoms with Crippen LogP contribution in [0.3, 0.4) is 0 Å². The van der Waals surface area contributed by atoms with Gasteiger partial charge in [0.2, 0.25) is 0 Å². The molecule has 0 aromatic carbocycles. The topological polar surface area (TPSA) is 66.4 Å². The van der Waals surface area contributed by atoms with Gasteiger partial charge in [-0.05, 0) is 37.7 Å². The normalized spacial score (nSPS) is 14.8. The number of nitrogens with one attached hydrogen (secondary N) is 1. The highest BCUT2D eigenvalue weighted by molar-refractivity contribution is 7.98. The number of carbonyl (C=O) groups excluding carboxylic acids is 1. The Kier molecular flexibility index (Phi) is 4.20. The first-order chi connectivity index (χ1) is 8.90. The second-order valence-electron chi connectivity index (χ2n) is 5.23. The van der Waals surface area contributed by atoms with Gasteiger partial charge in [0.1, 0.15) is 0 Å². The molecule has 4 nitrogen and oxygen atoms in total. The fourth-order valence-corrected chi connectivity index (χ4v) is 4.01. The van der Waals surface area contributed by atoms with Crippen molar-refractivity contribution < 1.29 is 14.7 Å². The summed E-state index contributed by atoms with van der Waals surface area (Å²) >= 11 is 3.41. The van der Waals surface area contributed by atoms with E-state index in [2.05, 4.69) is 5.32 Å². The van der Waals surface area contributed by atoms with Crippen LogP contribution in [0.2, 0.25) is 0 Å². The van der Waals surface area contributed by atoms with Crippen molar-refractivity contribution in [2.24, 2.45) is 5.41 Å². The number of fused-ring (bicyclic) bond motifs is 1. The summed E-state index contributed by atoms with van der Waals surface area (Å²) in [6.07, 6.45) is 1.03. The zero-order chi connectivity index (χ0) is 14.0. The molecule has 1 aromatic heterocycles. The molecule has 1 amide bonds. The molecule has 0 fully saturated rings. The molecular weight excluding hydrogens is 282 g/mol. The van der Waals surface area contributed by atoms with E-state index in [1.165, 1.54) is 21.8 Å². The summed E-state index contributed by atoms with van der Waals surface area (Å²) in [5, 5.41) is 11.7. The number of aryl methyl sites for hydroxylation is 1. The Balaban J connectivity index is 2.00. The Morgan fingerprint density at radius 2 is 2.21 bits per heavy atom. The van der Waals surface area contributed by atoms with Crippen molar-refractivity contribution in [2.75, 3.05) is 12.3 Å². The molecule has 1 aliphatic rings. The number of thioether (sulfide) groups is 1. The monoisotopic (exact) mass is 299 g/mol. The van der Waals surface area contributed by atoms with Crippen molar-refractivity contribution in [2.45, 2.75) is 26.0 Å². The van der Waals surface area contributed by atoms with Gasteiger partial charge in [0.15, 0.2) is 0 Å². The molecule has 0 atom stereocenters. The zero-order valence-corrected chi connectivity index (χ0v) is 12.6. The summed E-state index contributed by atoms with van der Waals surface area (Å²) in [4.78, 5) is 25.0. The molecule has 0 aliphatic carbocycles. The van der Waals surface area contributed by atoms with Gasteiger partial charge in [-0.2, -0.15) is 11.8 Å². The number of thiophene rings is 1. The molecule has 0 saturated heterocycles. The Morgan fingerprint density at radius 3 is 2.84 bits per heavy atom. The lowest BCUT2D eigenvalue weighted by atomic mass is 9.94. The molecule has 2 N–H and O–H groups in total. The van der Waals surface area contributed by atoms with Crippen molar-refractivity contribution in [1.82, 2.24) is 5.32 Å². The van der Waals surface area contributed by atoms with Gasteiger partial charge in [-0.15, -0.1) is 11.3 Å². The number of amides is 1. The second kappa shape index (κ2) is 5.54. The van der Waals surface area contributed by atoms with Gasteiger partial charge in [0.25, 0.3) is 5.91 Å². The summed E-state index contributed by atoms with van der Waals surface area (Å²) in [5.41, 5.74) is 0.312. The number of carboxylic acids is 1. The highest BCUT2D eigenvalue weighted by atomic mass is 32.2. The standard InChI is InChI=1S/C13H17NO3S2/c1-13(2,12(16)17)7-14-11(15)10-5-8-6-18-4-3-9(8)19-10/h5H,3-4,6-7H2,1-2H3,(H,14,15)(H,16,17). The third-order valence-electron chi connectivity index (χ3n) is 3.12. The maximum absolute atomic E-state index is 12.0. The summed E-state index contributed by atoms with van der Waals surface area (Å²) in [6, 6.07) is 1.94. The van der Waals surface area contributed by atoms with Crippen LogP contribution < -0.4 is 5.32 Å². The highest BCUT2D eigenvalue weighted by Crippen LogP contribution is 2.31. The molecule has 0 bridgehead atoms. The average Bonchev–Trinajstić information content (AvgIpc) is 2.79. The van der Waals surface area contributed by atoms with Gasteiger partial charge >= 0.3 is 5.97 Å². The maximum Gasteiger partial charge on any atom is 0.310 e. The van der Waals surface area contributed by atoms with E-state index < -0.39 is 11.4 Å². The SMILES string of the molecule is CC(C)(CNC(=O)c1cc2c(s1)CCSC2)C(=O)O. The van der Waals surface area contributed by atoms with Gasteiger partial charge in [-0.1, -0.05) is 0 Å². The fraction of sp³-hybridized carbons (Fsp3) is 0.538. The van der Waals surface area contributed by atoms with Crippen LogP contribution in [0.15, 0.2) is 6.07 Å². The number of hydrogen-bond donors (Lipinski definition) is 2. The Labute approximate surface area is 120 Å². The summed E-state index contributed by atoms with van der Waals surface area (Å²) < 4.78 is 0. The van der Waals surface area contributed by atoms with Crippen LogP contribution in [0.25, 0.3) is 0 Å². The van der Waals surface area contributed by atoms with Crippen molar-refractivity contribution >= 4 is 35.0 Å². The predicted octanol–water partition coefficient (Wildman–Crippen LogP) is 2.38. The molecule has 1 aromatic rings. The van der Waals surface area contributed by atoms with Gasteiger partial charge in [0.05, 0.1) is 10.3 Å². The van der Waals surface area contributed by atoms with Crippen LogP contribution in [0.4, 0.5) is 0 Å². The molecule has 19 heavy (non-hydrogen) atoms. The van der Waals surface area contributed by atoms with Crippen LogP contribution in [0, 0.1) is 5.41 Å². The molecule has 2 heterocycles. The number of carboxylic acid groups (broad SMARTS) is 1. The fourth-order valence-electron chi connectivity index (χ4n) is 1.72. The first-order valence-corrected chi connectivity index (χ1v) is 8.08. The van der Waals surface area contributed by atoms with E-state index in [1.807, 2.05) is 17.8 Å². The van der Waals surface area contributed by atoms with E-state index in [0.717, 1.165) is 17.9 Å². The van der Waals surface area contributed by atoms with E-state index in [1.54, 1.807) is 13.8 Å². The molecule has 0 spiro atoms. The van der Waals surface area contributed by atoms with E-state index >= 15 is 0 Å². The van der Waals surface area contributed by atoms with Crippen LogP contribution in [-0.2, 0) is 17.0 Å². The molecule has 2 rings (SSSR count). The van der Waals surface area contributed by atoms with Gasteiger partial charge < -0.3 is 10.4 Å². The Hall–Kier alpha value is -1.01. The van der Waals surface area contributed by atoms with Crippen LogP contribution in [0.5, 0.6) is 0 Å². The molecule has 0 saturated carbocycles. The van der Waals surface area contributed by atoms with Crippen LogP contribution in [0.1, 0.15) is 34.0 Å². The number of rotatable bonds is 4. The maximum atomic E-state index is 12.0. The van der Waals surface area contributed by atoms with E-state index in [-0.39, 0.29) is 12.5 Å². The molecule has 0 radical (unpaired) electrons. The van der Waals surface area contributed by atoms with Crippen molar-refractivity contribution in [3.8, 4) is 0 Å². The van der Waals surface area contributed by atoms with E-state index in [9.17, 15) is 9.59 Å². The summed E-state index contributed by atoms with van der Waals surface area (Å²) in [5.74, 6) is 1.01. The molecule has 6 heteroatoms. The van der Waals surface area contributed by atoms with E-state index in [0.29, 0.717) is 4.88 Å². The minimum absolute atomic E-state index is 0.137. The molecular formula is C13H17NO3S2. The predicted molar refractivity (Wildman–Crippen MR) is 77.9 cm³/mol. The minimum Gasteiger partial charge on any atom is -0.481 e. The number of hydrogen-bond acceptors (Lipinski definition) is 4. The smallest absolute Gasteiger partial charge is 0.310 e. The lowest BCUT2D eigenvalue weighted by Crippen LogP contribution is -2.38. The third-order valence-corrected chi connectivity index (χ3v) is 5.37. The summed E-state index contributed by atoms with van der Waals surface area (Å²) in [6.45, 7) is 3.34. The second-order valence-corrected chi connectivity index (χ2v) is 7.48. The first-order valence-electron chi connectivity index (χ1n) is 6.11. The van der Waals surface area contributed by atoms with Gasteiger partial charge in [0, 0.05) is 17.2 Å². The molecule has 104 valence electrons. The number of carbonyl (C=O) groups is 2. The van der Waals surface area contributed by atoms with Crippen molar-refractivity contribution in [1.29, 1.82) is 0 Å².